The van der Waals surface area contributed by atoms with Gasteiger partial charge in [-0.2, -0.15) is 0 Å². The number of nitrogens with zero attached hydrogens (tertiary/aromatic N) is 1. The van der Waals surface area contributed by atoms with E-state index in [0.717, 1.165) is 30.3 Å². The quantitative estimate of drug-likeness (QED) is 0.681. The third kappa shape index (κ3) is 3.60. The summed E-state index contributed by atoms with van der Waals surface area (Å²) in [6, 6.07) is 4.11. The Hall–Kier alpha value is -1.46. The molecule has 2 rings (SSSR count). The number of aromatic amines is 1. The lowest BCUT2D eigenvalue weighted by atomic mass is 9.82. The molecule has 21 heavy (non-hydrogen) atoms. The van der Waals surface area contributed by atoms with E-state index >= 15 is 0 Å². The Morgan fingerprint density at radius 2 is 2.05 bits per heavy atom. The van der Waals surface area contributed by atoms with E-state index in [0.29, 0.717) is 5.82 Å². The summed E-state index contributed by atoms with van der Waals surface area (Å²) in [4.78, 5) is 18.4. The number of aldehydes is 1. The molecule has 0 aliphatic rings. The van der Waals surface area contributed by atoms with E-state index in [1.54, 1.807) is 0 Å². The van der Waals surface area contributed by atoms with Crippen LogP contribution in [0.4, 0.5) is 0 Å². The molecule has 1 N–H and O–H groups in total. The van der Waals surface area contributed by atoms with Crippen molar-refractivity contribution in [3.8, 4) is 0 Å². The summed E-state index contributed by atoms with van der Waals surface area (Å²) in [5, 5.41) is 0. The SMILES string of the molecule is C[SiH](C)OCCc1c(C(C)(C)C)ccc2nc(C=O)[nH]c12. The highest BCUT2D eigenvalue weighted by Gasteiger charge is 2.21. The zero-order valence-corrected chi connectivity index (χ0v) is 14.6. The predicted molar refractivity (Wildman–Crippen MR) is 88.7 cm³/mol. The van der Waals surface area contributed by atoms with E-state index < -0.39 is 9.04 Å². The largest absolute Gasteiger partial charge is 0.420 e. The van der Waals surface area contributed by atoms with Gasteiger partial charge in [-0.05, 0) is 42.1 Å². The van der Waals surface area contributed by atoms with Gasteiger partial charge in [0.25, 0.3) is 0 Å². The van der Waals surface area contributed by atoms with E-state index in [9.17, 15) is 4.79 Å². The number of H-pyrrole nitrogens is 1. The van der Waals surface area contributed by atoms with Crippen molar-refractivity contribution in [2.45, 2.75) is 45.7 Å². The van der Waals surface area contributed by atoms with Crippen molar-refractivity contribution in [3.63, 3.8) is 0 Å². The standard InChI is InChI=1S/C16H24N2O2Si/c1-16(2,3)12-6-7-13-15(18-14(10-19)17-13)11(12)8-9-20-21(4)5/h6-7,10,21H,8-9H2,1-5H3,(H,17,18). The first-order valence-electron chi connectivity index (χ1n) is 7.41. The molecule has 0 unspecified atom stereocenters. The van der Waals surface area contributed by atoms with Crippen molar-refractivity contribution in [1.82, 2.24) is 9.97 Å². The molecule has 1 aromatic heterocycles. The van der Waals surface area contributed by atoms with Crippen LogP contribution in [0.5, 0.6) is 0 Å². The summed E-state index contributed by atoms with van der Waals surface area (Å²) in [6.07, 6.45) is 1.60. The van der Waals surface area contributed by atoms with Gasteiger partial charge in [-0.3, -0.25) is 4.79 Å². The summed E-state index contributed by atoms with van der Waals surface area (Å²) in [5.41, 5.74) is 4.37. The number of imidazole rings is 1. The summed E-state index contributed by atoms with van der Waals surface area (Å²) in [6.45, 7) is 11.7. The van der Waals surface area contributed by atoms with Crippen LogP contribution < -0.4 is 0 Å². The zero-order chi connectivity index (χ0) is 15.6. The fourth-order valence-electron chi connectivity index (χ4n) is 2.57. The van der Waals surface area contributed by atoms with Crippen molar-refractivity contribution < 1.29 is 9.22 Å². The third-order valence-electron chi connectivity index (χ3n) is 3.51. The Morgan fingerprint density at radius 1 is 1.33 bits per heavy atom. The molecule has 0 bridgehead atoms. The fraction of sp³-hybridized carbons (Fsp3) is 0.500. The molecule has 5 heteroatoms. The van der Waals surface area contributed by atoms with Crippen LogP contribution in [0, 0.1) is 0 Å². The van der Waals surface area contributed by atoms with Crippen LogP contribution in [-0.2, 0) is 16.3 Å². The van der Waals surface area contributed by atoms with Gasteiger partial charge >= 0.3 is 0 Å². The average molecular weight is 304 g/mol. The molecule has 0 amide bonds. The second kappa shape index (κ2) is 6.11. The Balaban J connectivity index is 2.48. The van der Waals surface area contributed by atoms with Gasteiger partial charge in [-0.15, -0.1) is 0 Å². The van der Waals surface area contributed by atoms with Crippen molar-refractivity contribution in [1.29, 1.82) is 0 Å². The highest BCUT2D eigenvalue weighted by atomic mass is 28.3. The minimum Gasteiger partial charge on any atom is -0.420 e. The number of benzene rings is 1. The highest BCUT2D eigenvalue weighted by Crippen LogP contribution is 2.30. The highest BCUT2D eigenvalue weighted by molar-refractivity contribution is 6.48. The molecule has 0 radical (unpaired) electrons. The van der Waals surface area contributed by atoms with Crippen LogP contribution in [0.1, 0.15) is 42.5 Å². The summed E-state index contributed by atoms with van der Waals surface area (Å²) in [7, 11) is -1.01. The molecule has 1 aromatic carbocycles. The minimum absolute atomic E-state index is 0.0469. The second-order valence-corrected chi connectivity index (χ2v) is 9.08. The molecule has 1 heterocycles. The number of fused-ring (bicyclic) bond motifs is 1. The summed E-state index contributed by atoms with van der Waals surface area (Å²) >= 11 is 0. The first kappa shape index (κ1) is 15.9. The van der Waals surface area contributed by atoms with E-state index in [1.807, 2.05) is 6.07 Å². The zero-order valence-electron chi connectivity index (χ0n) is 13.5. The maximum atomic E-state index is 11.0. The molecule has 114 valence electrons. The number of aromatic nitrogens is 2. The Kier molecular flexibility index (Phi) is 4.63. The van der Waals surface area contributed by atoms with Crippen molar-refractivity contribution in [2.24, 2.45) is 0 Å². The molecule has 0 aliphatic heterocycles. The van der Waals surface area contributed by atoms with Gasteiger partial charge in [0.05, 0.1) is 11.0 Å². The van der Waals surface area contributed by atoms with E-state index in [4.69, 9.17) is 4.43 Å². The molecule has 0 spiro atoms. The fourth-order valence-corrected chi connectivity index (χ4v) is 3.16. The van der Waals surface area contributed by atoms with Gasteiger partial charge in [0.15, 0.2) is 21.2 Å². The van der Waals surface area contributed by atoms with Crippen molar-refractivity contribution >= 4 is 26.4 Å². The summed E-state index contributed by atoms with van der Waals surface area (Å²) < 4.78 is 5.83. The average Bonchev–Trinajstić information content (AvgIpc) is 2.80. The first-order valence-corrected chi connectivity index (χ1v) is 10.2. The number of nitrogens with one attached hydrogen (secondary N) is 1. The number of hydrogen-bond donors (Lipinski definition) is 1. The predicted octanol–water partition coefficient (Wildman–Crippen LogP) is 3.22. The minimum atomic E-state index is -1.01. The molecule has 0 atom stereocenters. The Morgan fingerprint density at radius 3 is 2.62 bits per heavy atom. The lowest BCUT2D eigenvalue weighted by Crippen LogP contribution is -2.17. The van der Waals surface area contributed by atoms with E-state index in [2.05, 4.69) is 49.9 Å². The number of carbonyl (C=O) groups is 1. The lowest BCUT2D eigenvalue weighted by Gasteiger charge is -2.23. The normalized spacial score (nSPS) is 12.3. The smallest absolute Gasteiger partial charge is 0.185 e. The number of carbonyl (C=O) groups excluding carboxylic acids is 1. The number of hydrogen-bond acceptors (Lipinski definition) is 3. The molecule has 0 saturated carbocycles. The van der Waals surface area contributed by atoms with Gasteiger partial charge in [0.1, 0.15) is 0 Å². The van der Waals surface area contributed by atoms with Crippen molar-refractivity contribution in [3.05, 3.63) is 29.1 Å². The molecular weight excluding hydrogens is 280 g/mol. The molecular formula is C16H24N2O2Si. The monoisotopic (exact) mass is 304 g/mol. The molecule has 0 fully saturated rings. The van der Waals surface area contributed by atoms with Gasteiger partial charge in [-0.1, -0.05) is 26.8 Å². The topological polar surface area (TPSA) is 55.0 Å². The maximum Gasteiger partial charge on any atom is 0.185 e. The van der Waals surface area contributed by atoms with Crippen LogP contribution in [0.25, 0.3) is 11.0 Å². The van der Waals surface area contributed by atoms with Gasteiger partial charge in [0, 0.05) is 6.61 Å². The molecule has 4 nitrogen and oxygen atoms in total. The first-order chi connectivity index (χ1) is 9.82. The van der Waals surface area contributed by atoms with Crippen LogP contribution in [0.3, 0.4) is 0 Å². The molecule has 0 aliphatic carbocycles. The van der Waals surface area contributed by atoms with Gasteiger partial charge < -0.3 is 9.41 Å². The summed E-state index contributed by atoms with van der Waals surface area (Å²) in [5.74, 6) is 0.386. The van der Waals surface area contributed by atoms with Gasteiger partial charge in [0.2, 0.25) is 0 Å². The number of rotatable bonds is 5. The van der Waals surface area contributed by atoms with E-state index in [-0.39, 0.29) is 5.41 Å². The third-order valence-corrected chi connectivity index (χ3v) is 4.41. The lowest BCUT2D eigenvalue weighted by molar-refractivity contribution is 0.111. The van der Waals surface area contributed by atoms with Crippen LogP contribution in [0.2, 0.25) is 13.1 Å². The van der Waals surface area contributed by atoms with Crippen LogP contribution in [-0.4, -0.2) is 31.9 Å². The van der Waals surface area contributed by atoms with Crippen LogP contribution >= 0.6 is 0 Å². The Labute approximate surface area is 127 Å². The van der Waals surface area contributed by atoms with E-state index in [1.165, 1.54) is 11.1 Å². The molecule has 0 saturated heterocycles. The second-order valence-electron chi connectivity index (χ2n) is 6.65. The molecule has 2 aromatic rings. The van der Waals surface area contributed by atoms with Gasteiger partial charge in [-0.25, -0.2) is 4.98 Å². The maximum absolute atomic E-state index is 11.0. The van der Waals surface area contributed by atoms with Crippen LogP contribution in [0.15, 0.2) is 12.1 Å². The van der Waals surface area contributed by atoms with Crippen molar-refractivity contribution in [2.75, 3.05) is 6.61 Å². The Bertz CT molecular complexity index is 641.